The Morgan fingerprint density at radius 2 is 1.72 bits per heavy atom. The Hall–Kier alpha value is -3.94. The monoisotopic (exact) mass is 716 g/mol. The Balaban J connectivity index is 0.000000875. The number of hydrogen-bond acceptors (Lipinski definition) is 6. The Morgan fingerprint density at radius 3 is 2.30 bits per heavy atom. The number of ether oxygens (including phenoxy) is 1. The first-order valence-corrected chi connectivity index (χ1v) is 17.0. The molecular weight excluding hydrogens is 672 g/mol. The summed E-state index contributed by atoms with van der Waals surface area (Å²) < 4.78 is 64.6. The second kappa shape index (κ2) is 17.3. The Bertz CT molecular complexity index is 1740. The van der Waals surface area contributed by atoms with Gasteiger partial charge in [0.2, 0.25) is 5.91 Å². The van der Waals surface area contributed by atoms with Crippen LogP contribution in [0.3, 0.4) is 0 Å². The number of carbonyl (C=O) groups is 2. The average molecular weight is 717 g/mol. The van der Waals surface area contributed by atoms with Crippen LogP contribution in [0.4, 0.5) is 23.2 Å². The summed E-state index contributed by atoms with van der Waals surface area (Å²) in [5, 5.41) is 9.46. The number of aryl methyl sites for hydroxylation is 2. The first-order valence-electron chi connectivity index (χ1n) is 16.5. The van der Waals surface area contributed by atoms with E-state index in [4.69, 9.17) is 14.6 Å². The highest BCUT2D eigenvalue weighted by Crippen LogP contribution is 2.44. The van der Waals surface area contributed by atoms with Crippen LogP contribution in [0.15, 0.2) is 60.7 Å². The standard InChI is InChI=1S/C35H37F4N3O2.CH5NS.CH2O2/c1-20-28(24-9-7-23(8-10-24)25-11-14-33-32(15-25)40-21(2)42(33)3)17-27(44-19-22-5-4-6-22)18-29(20)34(43)41-31-13-12-26(16-30(31)36)35(37,38)39;1-2-3;2-1-3/h7-16,20,22,27-29H,4-6,17-19H2,1-3H3,(H,41,43);2-3H,1H3;1H,(H,2,3)/t20-,27?,28?,29?;;/m1../s1. The van der Waals surface area contributed by atoms with E-state index in [-0.39, 0.29) is 30.1 Å². The summed E-state index contributed by atoms with van der Waals surface area (Å²) in [7, 11) is 3.74. The van der Waals surface area contributed by atoms with E-state index in [1.54, 1.807) is 7.05 Å². The van der Waals surface area contributed by atoms with Crippen molar-refractivity contribution in [3.8, 4) is 11.1 Å². The maximum absolute atomic E-state index is 14.6. The number of carboxylic acid groups (broad SMARTS) is 1. The average Bonchev–Trinajstić information content (AvgIpc) is 3.34. The van der Waals surface area contributed by atoms with Crippen LogP contribution in [-0.4, -0.2) is 46.8 Å². The second-order valence-electron chi connectivity index (χ2n) is 12.8. The van der Waals surface area contributed by atoms with Gasteiger partial charge in [-0.15, -0.1) is 0 Å². The first kappa shape index (κ1) is 38.9. The number of aromatic nitrogens is 2. The Kier molecular flexibility index (Phi) is 13.5. The van der Waals surface area contributed by atoms with Crippen molar-refractivity contribution in [1.29, 1.82) is 0 Å². The molecule has 0 saturated heterocycles. The van der Waals surface area contributed by atoms with Gasteiger partial charge in [0, 0.05) is 19.6 Å². The first-order chi connectivity index (χ1) is 23.8. The second-order valence-corrected chi connectivity index (χ2v) is 13.3. The molecule has 0 bridgehead atoms. The lowest BCUT2D eigenvalue weighted by molar-refractivity contribution is -0.137. The van der Waals surface area contributed by atoms with E-state index in [2.05, 4.69) is 74.9 Å². The third kappa shape index (κ3) is 9.43. The van der Waals surface area contributed by atoms with Gasteiger partial charge in [-0.1, -0.05) is 56.5 Å². The lowest BCUT2D eigenvalue weighted by Gasteiger charge is -2.40. The minimum absolute atomic E-state index is 0.0123. The smallest absolute Gasteiger partial charge is 0.416 e. The molecule has 2 aliphatic carbocycles. The van der Waals surface area contributed by atoms with Gasteiger partial charge in [-0.25, -0.2) is 9.37 Å². The van der Waals surface area contributed by atoms with Crippen LogP contribution >= 0.6 is 12.8 Å². The lowest BCUT2D eigenvalue weighted by Crippen LogP contribution is -2.41. The van der Waals surface area contributed by atoms with Gasteiger partial charge in [0.25, 0.3) is 6.47 Å². The highest BCUT2D eigenvalue weighted by Gasteiger charge is 2.41. The van der Waals surface area contributed by atoms with Gasteiger partial charge in [0.05, 0.1) is 28.4 Å². The summed E-state index contributed by atoms with van der Waals surface area (Å²) >= 11 is 3.54. The number of hydrogen-bond donors (Lipinski definition) is 4. The molecule has 0 spiro atoms. The van der Waals surface area contributed by atoms with Gasteiger partial charge in [-0.2, -0.15) is 13.2 Å². The minimum atomic E-state index is -4.67. The van der Waals surface area contributed by atoms with Crippen molar-refractivity contribution in [2.75, 3.05) is 19.0 Å². The molecule has 270 valence electrons. The summed E-state index contributed by atoms with van der Waals surface area (Å²) in [5.41, 5.74) is 3.88. The number of thiol groups is 1. The quantitative estimate of drug-likeness (QED) is 0.0870. The number of fused-ring (bicyclic) bond motifs is 1. The van der Waals surface area contributed by atoms with Crippen LogP contribution < -0.4 is 10.0 Å². The van der Waals surface area contributed by atoms with Crippen LogP contribution in [0, 0.1) is 30.5 Å². The number of anilines is 1. The van der Waals surface area contributed by atoms with E-state index in [9.17, 15) is 22.4 Å². The number of carbonyl (C=O) groups excluding carboxylic acids is 1. The van der Waals surface area contributed by atoms with Crippen molar-refractivity contribution < 1.29 is 37.0 Å². The fourth-order valence-electron chi connectivity index (χ4n) is 6.67. The fraction of sp³-hybridized carbons (Fsp3) is 0.432. The van der Waals surface area contributed by atoms with E-state index in [0.29, 0.717) is 25.0 Å². The van der Waals surface area contributed by atoms with Crippen molar-refractivity contribution in [2.24, 2.45) is 24.8 Å². The number of rotatable bonds is 7. The zero-order valence-corrected chi connectivity index (χ0v) is 29.4. The molecule has 1 aromatic heterocycles. The maximum atomic E-state index is 14.6. The molecule has 3 aromatic carbocycles. The third-order valence-electron chi connectivity index (χ3n) is 9.76. The van der Waals surface area contributed by atoms with E-state index >= 15 is 0 Å². The maximum Gasteiger partial charge on any atom is 0.416 e. The highest BCUT2D eigenvalue weighted by atomic mass is 32.1. The van der Waals surface area contributed by atoms with E-state index in [1.165, 1.54) is 6.42 Å². The summed E-state index contributed by atoms with van der Waals surface area (Å²) in [6, 6.07) is 16.8. The molecule has 2 fully saturated rings. The molecule has 13 heteroatoms. The number of nitrogens with one attached hydrogen (secondary N) is 2. The SMILES string of the molecule is CNS.Cc1nc2cc(-c3ccc(C4CC(OCC5CCC5)CC(C(=O)Nc5ccc(C(F)(F)F)cc5F)[C@@H]4C)cc3)ccc2n1C.O=CO. The minimum Gasteiger partial charge on any atom is -0.483 e. The molecular formula is C37H44F4N4O4S. The summed E-state index contributed by atoms with van der Waals surface area (Å²) in [6.07, 6.45) is -0.0884. The van der Waals surface area contributed by atoms with Crippen molar-refractivity contribution >= 4 is 41.9 Å². The van der Waals surface area contributed by atoms with Crippen molar-refractivity contribution in [3.05, 3.63) is 83.4 Å². The van der Waals surface area contributed by atoms with E-state index in [1.807, 2.05) is 20.9 Å². The van der Waals surface area contributed by atoms with Gasteiger partial charge in [0.1, 0.15) is 11.6 Å². The van der Waals surface area contributed by atoms with Gasteiger partial charge in [0.15, 0.2) is 0 Å². The van der Waals surface area contributed by atoms with Crippen molar-refractivity contribution in [3.63, 3.8) is 0 Å². The highest BCUT2D eigenvalue weighted by molar-refractivity contribution is 7.78. The topological polar surface area (TPSA) is 105 Å². The number of nitrogens with zero attached hydrogens (tertiary/aromatic N) is 2. The molecule has 3 N–H and O–H groups in total. The Morgan fingerprint density at radius 1 is 1.08 bits per heavy atom. The van der Waals surface area contributed by atoms with Crippen molar-refractivity contribution in [1.82, 2.24) is 14.3 Å². The molecule has 50 heavy (non-hydrogen) atoms. The molecule has 1 heterocycles. The van der Waals surface area contributed by atoms with Crippen LogP contribution in [0.2, 0.25) is 0 Å². The molecule has 2 aliphatic rings. The molecule has 2 saturated carbocycles. The number of amides is 1. The number of halogens is 4. The number of benzene rings is 3. The summed E-state index contributed by atoms with van der Waals surface area (Å²) in [5.74, 6) is -0.618. The van der Waals surface area contributed by atoms with Gasteiger partial charge in [-0.3, -0.25) is 14.3 Å². The predicted molar refractivity (Wildman–Crippen MR) is 189 cm³/mol. The van der Waals surface area contributed by atoms with Gasteiger partial charge in [-0.05, 0) is 104 Å². The number of imidazole rings is 1. The molecule has 0 radical (unpaired) electrons. The molecule has 0 aliphatic heterocycles. The van der Waals surface area contributed by atoms with E-state index < -0.39 is 29.4 Å². The largest absolute Gasteiger partial charge is 0.483 e. The predicted octanol–water partition coefficient (Wildman–Crippen LogP) is 8.41. The third-order valence-corrected chi connectivity index (χ3v) is 9.76. The van der Waals surface area contributed by atoms with Gasteiger partial charge < -0.3 is 19.7 Å². The summed E-state index contributed by atoms with van der Waals surface area (Å²) in [6.45, 7) is 4.41. The van der Waals surface area contributed by atoms with Crippen LogP contribution in [0.5, 0.6) is 0 Å². The normalized spacial score (nSPS) is 20.5. The van der Waals surface area contributed by atoms with Crippen LogP contribution in [0.1, 0.15) is 61.9 Å². The van der Waals surface area contributed by atoms with Crippen molar-refractivity contribution in [2.45, 2.75) is 64.1 Å². The molecule has 4 aromatic rings. The molecule has 4 atom stereocenters. The number of alkyl halides is 3. The zero-order chi connectivity index (χ0) is 36.6. The van der Waals surface area contributed by atoms with Gasteiger partial charge >= 0.3 is 6.18 Å². The van der Waals surface area contributed by atoms with E-state index in [0.717, 1.165) is 64.9 Å². The fourth-order valence-corrected chi connectivity index (χ4v) is 6.67. The lowest BCUT2D eigenvalue weighted by atomic mass is 9.68. The zero-order valence-electron chi connectivity index (χ0n) is 28.5. The molecule has 6 rings (SSSR count). The molecule has 1 amide bonds. The Labute approximate surface area is 295 Å². The van der Waals surface area contributed by atoms with Crippen LogP contribution in [-0.2, 0) is 27.5 Å². The molecule has 3 unspecified atom stereocenters. The summed E-state index contributed by atoms with van der Waals surface area (Å²) in [4.78, 5) is 26.6. The van der Waals surface area contributed by atoms with Crippen LogP contribution in [0.25, 0.3) is 22.2 Å². The molecule has 8 nitrogen and oxygen atoms in total.